The molecule has 0 saturated heterocycles. The van der Waals surface area contributed by atoms with Gasteiger partial charge in [-0.05, 0) is 270 Å². The topological polar surface area (TPSA) is 102 Å². The van der Waals surface area contributed by atoms with Crippen LogP contribution < -0.4 is 52.1 Å². The van der Waals surface area contributed by atoms with Crippen molar-refractivity contribution in [2.24, 2.45) is 0 Å². The van der Waals surface area contributed by atoms with Gasteiger partial charge < -0.3 is 52.1 Å². The minimum atomic E-state index is -0.201. The summed E-state index contributed by atoms with van der Waals surface area (Å²) < 4.78 is 62.3. The van der Waals surface area contributed by atoms with Gasteiger partial charge in [0.15, 0.2) is 0 Å². The third kappa shape index (κ3) is 31.2. The maximum atomic E-state index is 6.11. The summed E-state index contributed by atoms with van der Waals surface area (Å²) in [6, 6.07) is 80.9. The van der Waals surface area contributed by atoms with E-state index in [1.165, 1.54) is 75.8 Å². The van der Waals surface area contributed by atoms with Crippen molar-refractivity contribution in [3.8, 4) is 63.2 Å². The molecule has 0 bridgehead atoms. The third-order valence-electron chi connectivity index (χ3n) is 19.8. The summed E-state index contributed by atoms with van der Waals surface area (Å²) in [5.41, 5.74) is 20.6. The number of benzene rings is 11. The molecule has 115 heavy (non-hydrogen) atoms. The molecule has 11 aromatic rings. The molecule has 11 rings (SSSR count). The van der Waals surface area contributed by atoms with Crippen LogP contribution in [0.25, 0.3) is 0 Å². The van der Waals surface area contributed by atoms with Crippen LogP contribution in [-0.4, -0.2) is 53.9 Å². The average Bonchev–Trinajstić information content (AvgIpc) is 0.806. The standard InChI is InChI=1S/C37H44O6.C18H22O3.C17H20O2.C14H22.C10H14.C8H10/c1-7-38-33-19-27(20-34(23-33)39-8-2)25-42-31-15-11-29(12-16-31)37(5,6)30-13-17-32(18-14-30)43-26-28-21-35(40-9-3)24-36(22-28)41-10-4;1-4-19-17-10-15(11-18(12-17)20-5-2)13-21-16-8-6-14(3)7-9-16;1-17(2,13-5-9-15(18-3)10-6-13)14-7-11-16(19-4)12-8-14;1-5-11-9-13(7-3)14(8-4)10-12(11)6-2;1-3-9-5-7-10(4-2)8-6-9;1-7-3-5-8(2)6-4-7/h11-24H,7-10,25-26H2,1-6H3;6-12H,4-5,13H2,1-3H3;5-12H,1-4H3;9-10H,5-8H2,1-4H3;5-8H,3-4H2,1-2H3;3-6H,1-2H3. The highest BCUT2D eigenvalue weighted by molar-refractivity contribution is 5.46. The van der Waals surface area contributed by atoms with Gasteiger partial charge >= 0.3 is 0 Å². The molecule has 0 amide bonds. The fourth-order valence-electron chi connectivity index (χ4n) is 12.8. The second-order valence-electron chi connectivity index (χ2n) is 29.0. The van der Waals surface area contributed by atoms with E-state index in [1.807, 2.05) is 169 Å². The van der Waals surface area contributed by atoms with Crippen molar-refractivity contribution in [1.29, 1.82) is 0 Å². The van der Waals surface area contributed by atoms with Crippen LogP contribution in [0, 0.1) is 20.8 Å². The second-order valence-corrected chi connectivity index (χ2v) is 29.0. The molecule has 0 fully saturated rings. The first kappa shape index (κ1) is 93.1. The molecule has 0 spiro atoms. The van der Waals surface area contributed by atoms with Crippen LogP contribution >= 0.6 is 0 Å². The van der Waals surface area contributed by atoms with Crippen molar-refractivity contribution in [3.05, 3.63) is 326 Å². The van der Waals surface area contributed by atoms with Crippen LogP contribution in [0.5, 0.6) is 63.2 Å². The van der Waals surface area contributed by atoms with E-state index in [9.17, 15) is 0 Å². The molecule has 0 aliphatic rings. The first-order chi connectivity index (χ1) is 55.5. The van der Waals surface area contributed by atoms with Gasteiger partial charge in [-0.2, -0.15) is 0 Å². The molecule has 614 valence electrons. The first-order valence-electron chi connectivity index (χ1n) is 41.4. The van der Waals surface area contributed by atoms with Gasteiger partial charge in [0.25, 0.3) is 0 Å². The van der Waals surface area contributed by atoms with Gasteiger partial charge in [0.1, 0.15) is 83.1 Å². The van der Waals surface area contributed by atoms with Gasteiger partial charge in [-0.3, -0.25) is 0 Å². The molecular formula is C104H132O11. The highest BCUT2D eigenvalue weighted by Crippen LogP contribution is 2.37. The SMILES string of the molecule is CCOc1cc(COc2ccc(C(C)(C)c3ccc(OCc4cc(OCC)cc(OCC)c4)cc3)cc2)cc(OCC)c1.CCOc1cc(COc2ccc(C)cc2)cc(OCC)c1.CCc1cc(CC)c(CC)cc1CC.CCc1ccc(CC)cc1.COc1ccc(C(C)(C)c2ccc(OC)cc2)cc1.Cc1ccc(C)cc1. The molecule has 11 heteroatoms. The van der Waals surface area contributed by atoms with Gasteiger partial charge in [-0.25, -0.2) is 0 Å². The lowest BCUT2D eigenvalue weighted by Gasteiger charge is -2.26. The first-order valence-corrected chi connectivity index (χ1v) is 41.4. The minimum Gasteiger partial charge on any atom is -0.497 e. The van der Waals surface area contributed by atoms with Gasteiger partial charge in [0.2, 0.25) is 0 Å². The normalized spacial score (nSPS) is 10.7. The summed E-state index contributed by atoms with van der Waals surface area (Å²) in [6.07, 6.45) is 6.95. The molecule has 0 atom stereocenters. The summed E-state index contributed by atoms with van der Waals surface area (Å²) in [7, 11) is 3.37. The zero-order valence-electron chi connectivity index (χ0n) is 73.1. The Bertz CT molecular complexity index is 4190. The van der Waals surface area contributed by atoms with Crippen molar-refractivity contribution in [1.82, 2.24) is 0 Å². The number of hydrogen-bond acceptors (Lipinski definition) is 11. The van der Waals surface area contributed by atoms with Crippen LogP contribution in [-0.2, 0) is 69.2 Å². The largest absolute Gasteiger partial charge is 0.497 e. The van der Waals surface area contributed by atoms with Gasteiger partial charge in [-0.1, -0.05) is 207 Å². The lowest BCUT2D eigenvalue weighted by molar-refractivity contribution is 0.297. The quantitative estimate of drug-likeness (QED) is 0.0393. The maximum absolute atomic E-state index is 6.11. The molecule has 0 unspecified atom stereocenters. The highest BCUT2D eigenvalue weighted by atomic mass is 16.5. The van der Waals surface area contributed by atoms with Crippen LogP contribution in [0.1, 0.15) is 200 Å². The van der Waals surface area contributed by atoms with Crippen molar-refractivity contribution in [2.75, 3.05) is 53.9 Å². The van der Waals surface area contributed by atoms with E-state index in [0.29, 0.717) is 59.5 Å². The monoisotopic (exact) mass is 1560 g/mol. The Labute approximate surface area is 691 Å². The Balaban J connectivity index is 0.000000238. The van der Waals surface area contributed by atoms with Crippen molar-refractivity contribution >= 4 is 0 Å². The lowest BCUT2D eigenvalue weighted by atomic mass is 9.78. The van der Waals surface area contributed by atoms with E-state index in [-0.39, 0.29) is 10.8 Å². The van der Waals surface area contributed by atoms with E-state index in [1.54, 1.807) is 36.5 Å². The maximum Gasteiger partial charge on any atom is 0.123 e. The Kier molecular flexibility index (Phi) is 40.3. The summed E-state index contributed by atoms with van der Waals surface area (Å²) in [5.74, 6) is 9.01. The number of aryl methyl sites for hydroxylation is 9. The lowest BCUT2D eigenvalue weighted by Crippen LogP contribution is -2.18. The molecule has 0 N–H and O–H groups in total. The van der Waals surface area contributed by atoms with Crippen molar-refractivity contribution in [3.63, 3.8) is 0 Å². The second kappa shape index (κ2) is 49.8. The molecule has 11 aromatic carbocycles. The Morgan fingerprint density at radius 2 is 0.400 bits per heavy atom. The molecule has 0 radical (unpaired) electrons. The third-order valence-corrected chi connectivity index (χ3v) is 19.8. The highest BCUT2D eigenvalue weighted by Gasteiger charge is 2.25. The summed E-state index contributed by atoms with van der Waals surface area (Å²) in [6.45, 7) is 45.3. The smallest absolute Gasteiger partial charge is 0.123 e. The fourth-order valence-corrected chi connectivity index (χ4v) is 12.8. The van der Waals surface area contributed by atoms with E-state index < -0.39 is 0 Å². The predicted molar refractivity (Wildman–Crippen MR) is 479 cm³/mol. The number of rotatable bonds is 33. The molecule has 0 aliphatic carbocycles. The van der Waals surface area contributed by atoms with Crippen LogP contribution in [0.2, 0.25) is 0 Å². The molecule has 11 nitrogen and oxygen atoms in total. The number of hydrogen-bond donors (Lipinski definition) is 0. The Morgan fingerprint density at radius 3 is 0.591 bits per heavy atom. The molecular weight excluding hydrogens is 1430 g/mol. The molecule has 0 aromatic heterocycles. The number of ether oxygens (including phenoxy) is 11. The Hall–Kier alpha value is -10.8. The van der Waals surface area contributed by atoms with Crippen molar-refractivity contribution in [2.45, 2.75) is 201 Å². The fraction of sp³-hybridized carbons (Fsp3) is 0.365. The summed E-state index contributed by atoms with van der Waals surface area (Å²) in [4.78, 5) is 0. The molecule has 0 saturated carbocycles. The van der Waals surface area contributed by atoms with Gasteiger partial charge in [0, 0.05) is 29.0 Å². The van der Waals surface area contributed by atoms with Crippen LogP contribution in [0.15, 0.2) is 237 Å². The van der Waals surface area contributed by atoms with Crippen LogP contribution in [0.4, 0.5) is 0 Å². The molecule has 0 heterocycles. The Morgan fingerprint density at radius 1 is 0.200 bits per heavy atom. The van der Waals surface area contributed by atoms with Crippen molar-refractivity contribution < 1.29 is 52.1 Å². The van der Waals surface area contributed by atoms with Crippen LogP contribution in [0.3, 0.4) is 0 Å². The zero-order chi connectivity index (χ0) is 83.6. The van der Waals surface area contributed by atoms with E-state index in [0.717, 1.165) is 92.8 Å². The predicted octanol–water partition coefficient (Wildman–Crippen LogP) is 26.2. The minimum absolute atomic E-state index is 0.0431. The summed E-state index contributed by atoms with van der Waals surface area (Å²) >= 11 is 0. The molecule has 0 aliphatic heterocycles. The van der Waals surface area contributed by atoms with E-state index in [2.05, 4.69) is 199 Å². The van der Waals surface area contributed by atoms with Gasteiger partial charge in [-0.15, -0.1) is 0 Å². The average molecular weight is 1560 g/mol. The number of methoxy groups -OCH3 is 2. The van der Waals surface area contributed by atoms with E-state index >= 15 is 0 Å². The zero-order valence-corrected chi connectivity index (χ0v) is 73.1. The van der Waals surface area contributed by atoms with E-state index in [4.69, 9.17) is 52.1 Å². The van der Waals surface area contributed by atoms with Gasteiger partial charge in [0.05, 0.1) is 53.9 Å². The summed E-state index contributed by atoms with van der Waals surface area (Å²) in [5, 5.41) is 0.